The van der Waals surface area contributed by atoms with Gasteiger partial charge in [0.2, 0.25) is 0 Å². The summed E-state index contributed by atoms with van der Waals surface area (Å²) in [6.07, 6.45) is 0.563. The minimum absolute atomic E-state index is 0.491. The van der Waals surface area contributed by atoms with Crippen molar-refractivity contribution in [3.63, 3.8) is 0 Å². The van der Waals surface area contributed by atoms with E-state index in [1.165, 1.54) is 0 Å². The van der Waals surface area contributed by atoms with Crippen LogP contribution < -0.4 is 9.47 Å². The zero-order valence-corrected chi connectivity index (χ0v) is 13.1. The van der Waals surface area contributed by atoms with Crippen molar-refractivity contribution in [3.8, 4) is 11.5 Å². The van der Waals surface area contributed by atoms with Crippen LogP contribution in [0.1, 0.15) is 18.9 Å². The Bertz CT molecular complexity index is 506. The van der Waals surface area contributed by atoms with E-state index in [1.54, 1.807) is 0 Å². The Kier molecular flexibility index (Phi) is 4.88. The van der Waals surface area contributed by atoms with Gasteiger partial charge in [-0.25, -0.2) is 0 Å². The van der Waals surface area contributed by atoms with Crippen LogP contribution in [0.2, 0.25) is 0 Å². The maximum atomic E-state index is 11.2. The van der Waals surface area contributed by atoms with Crippen molar-refractivity contribution in [3.05, 3.63) is 22.2 Å². The maximum absolute atomic E-state index is 11.2. The number of carboxylic acid groups (broad SMARTS) is 1. The number of carbonyl (C=O) groups is 1. The first-order valence-electron chi connectivity index (χ1n) is 6.54. The van der Waals surface area contributed by atoms with Crippen LogP contribution in [0.15, 0.2) is 16.6 Å². The summed E-state index contributed by atoms with van der Waals surface area (Å²) in [6.45, 7) is 3.49. The summed E-state index contributed by atoms with van der Waals surface area (Å²) in [5.41, 5.74) is 0.983. The van der Waals surface area contributed by atoms with Crippen LogP contribution in [0, 0.1) is 0 Å². The van der Waals surface area contributed by atoms with E-state index < -0.39 is 12.0 Å². The van der Waals surface area contributed by atoms with Gasteiger partial charge in [-0.1, -0.05) is 22.9 Å². The SMILES string of the molecule is CCC(C(=O)O)N(C)Cc1cc2c(cc1Br)OCCO2. The van der Waals surface area contributed by atoms with Gasteiger partial charge in [0, 0.05) is 11.0 Å². The highest BCUT2D eigenvalue weighted by atomic mass is 79.9. The van der Waals surface area contributed by atoms with Gasteiger partial charge in [-0.3, -0.25) is 9.69 Å². The predicted octanol–water partition coefficient (Wildman–Crippen LogP) is 2.52. The van der Waals surface area contributed by atoms with E-state index in [-0.39, 0.29) is 0 Å². The number of ether oxygens (including phenoxy) is 2. The highest BCUT2D eigenvalue weighted by molar-refractivity contribution is 9.10. The van der Waals surface area contributed by atoms with Gasteiger partial charge in [0.05, 0.1) is 0 Å². The third-order valence-corrected chi connectivity index (χ3v) is 4.07. The van der Waals surface area contributed by atoms with Crippen LogP contribution in [-0.4, -0.2) is 42.3 Å². The summed E-state index contributed by atoms with van der Waals surface area (Å²) in [7, 11) is 1.81. The van der Waals surface area contributed by atoms with Gasteiger partial charge >= 0.3 is 5.97 Å². The van der Waals surface area contributed by atoms with E-state index >= 15 is 0 Å². The van der Waals surface area contributed by atoms with E-state index in [1.807, 2.05) is 31.0 Å². The van der Waals surface area contributed by atoms with Crippen molar-refractivity contribution in [2.75, 3.05) is 20.3 Å². The molecule has 0 aliphatic carbocycles. The third-order valence-electron chi connectivity index (χ3n) is 3.33. The molecule has 1 N–H and O–H groups in total. The topological polar surface area (TPSA) is 59.0 Å². The molecule has 1 aliphatic heterocycles. The lowest BCUT2D eigenvalue weighted by molar-refractivity contribution is -0.143. The summed E-state index contributed by atoms with van der Waals surface area (Å²) in [6, 6.07) is 3.29. The van der Waals surface area contributed by atoms with Crippen LogP contribution in [0.3, 0.4) is 0 Å². The van der Waals surface area contributed by atoms with Crippen molar-refractivity contribution < 1.29 is 19.4 Å². The number of likely N-dealkylation sites (N-methyl/N-ethyl adjacent to an activating group) is 1. The largest absolute Gasteiger partial charge is 0.486 e. The molecule has 1 heterocycles. The first-order valence-corrected chi connectivity index (χ1v) is 7.33. The Morgan fingerprint density at radius 1 is 1.40 bits per heavy atom. The van der Waals surface area contributed by atoms with Crippen molar-refractivity contribution in [1.29, 1.82) is 0 Å². The Morgan fingerprint density at radius 2 is 2.00 bits per heavy atom. The second-order valence-corrected chi connectivity index (χ2v) is 5.62. The number of rotatable bonds is 5. The minimum Gasteiger partial charge on any atom is -0.486 e. The third kappa shape index (κ3) is 3.24. The number of fused-ring (bicyclic) bond motifs is 1. The number of nitrogens with zero attached hydrogens (tertiary/aromatic N) is 1. The molecule has 0 radical (unpaired) electrons. The Labute approximate surface area is 126 Å². The Morgan fingerprint density at radius 3 is 2.55 bits per heavy atom. The molecule has 110 valence electrons. The Hall–Kier alpha value is -1.27. The quantitative estimate of drug-likeness (QED) is 0.890. The highest BCUT2D eigenvalue weighted by Crippen LogP contribution is 2.36. The molecule has 20 heavy (non-hydrogen) atoms. The smallest absolute Gasteiger partial charge is 0.320 e. The number of carboxylic acids is 1. The predicted molar refractivity (Wildman–Crippen MR) is 78.3 cm³/mol. The van der Waals surface area contributed by atoms with Gasteiger partial charge in [0.15, 0.2) is 11.5 Å². The molecule has 5 nitrogen and oxygen atoms in total. The molecule has 0 saturated carbocycles. The van der Waals surface area contributed by atoms with Crippen LogP contribution in [0.4, 0.5) is 0 Å². The summed E-state index contributed by atoms with van der Waals surface area (Å²) >= 11 is 3.50. The van der Waals surface area contributed by atoms with Gasteiger partial charge < -0.3 is 14.6 Å². The second-order valence-electron chi connectivity index (χ2n) is 4.76. The molecule has 2 rings (SSSR count). The molecule has 0 saturated heterocycles. The lowest BCUT2D eigenvalue weighted by atomic mass is 10.1. The van der Waals surface area contributed by atoms with Crippen molar-refractivity contribution in [1.82, 2.24) is 4.90 Å². The van der Waals surface area contributed by atoms with Crippen molar-refractivity contribution in [2.24, 2.45) is 0 Å². The van der Waals surface area contributed by atoms with Gasteiger partial charge in [-0.05, 0) is 31.2 Å². The number of benzene rings is 1. The number of aliphatic carboxylic acids is 1. The fraction of sp³-hybridized carbons (Fsp3) is 0.500. The molecular formula is C14H18BrNO4. The monoisotopic (exact) mass is 343 g/mol. The molecule has 0 amide bonds. The number of hydrogen-bond donors (Lipinski definition) is 1. The second kappa shape index (κ2) is 6.45. The average molecular weight is 344 g/mol. The molecule has 1 aliphatic rings. The fourth-order valence-electron chi connectivity index (χ4n) is 2.28. The zero-order valence-electron chi connectivity index (χ0n) is 11.6. The summed E-state index contributed by atoms with van der Waals surface area (Å²) in [5.74, 6) is 0.634. The lowest BCUT2D eigenvalue weighted by Crippen LogP contribution is -2.37. The van der Waals surface area contributed by atoms with Crippen molar-refractivity contribution >= 4 is 21.9 Å². The highest BCUT2D eigenvalue weighted by Gasteiger charge is 2.22. The van der Waals surface area contributed by atoms with E-state index in [0.29, 0.717) is 31.9 Å². The van der Waals surface area contributed by atoms with E-state index in [4.69, 9.17) is 9.47 Å². The van der Waals surface area contributed by atoms with Crippen LogP contribution >= 0.6 is 15.9 Å². The van der Waals surface area contributed by atoms with Gasteiger partial charge in [0.1, 0.15) is 19.3 Å². The summed E-state index contributed by atoms with van der Waals surface area (Å²) in [4.78, 5) is 13.0. The van der Waals surface area contributed by atoms with Crippen molar-refractivity contribution in [2.45, 2.75) is 25.9 Å². The maximum Gasteiger partial charge on any atom is 0.320 e. The fourth-order valence-corrected chi connectivity index (χ4v) is 2.73. The molecule has 0 fully saturated rings. The summed E-state index contributed by atoms with van der Waals surface area (Å²) < 4.78 is 12.0. The van der Waals surface area contributed by atoms with E-state index in [9.17, 15) is 9.90 Å². The van der Waals surface area contributed by atoms with Gasteiger partial charge in [-0.15, -0.1) is 0 Å². The molecule has 1 atom stereocenters. The molecule has 0 bridgehead atoms. The normalized spacial score (nSPS) is 15.2. The van der Waals surface area contributed by atoms with Crippen LogP contribution in [0.25, 0.3) is 0 Å². The molecule has 0 spiro atoms. The first kappa shape index (κ1) is 15.1. The lowest BCUT2D eigenvalue weighted by Gasteiger charge is -2.25. The molecule has 1 aromatic carbocycles. The number of hydrogen-bond acceptors (Lipinski definition) is 4. The Balaban J connectivity index is 2.18. The standard InChI is InChI=1S/C14H18BrNO4/c1-3-11(14(17)18)16(2)8-9-6-12-13(7-10(9)15)20-5-4-19-12/h6-7,11H,3-5,8H2,1-2H3,(H,17,18). The molecule has 1 aromatic rings. The molecule has 0 aromatic heterocycles. The van der Waals surface area contributed by atoms with Gasteiger partial charge in [-0.2, -0.15) is 0 Å². The molecule has 6 heteroatoms. The average Bonchev–Trinajstić information content (AvgIpc) is 2.40. The zero-order chi connectivity index (χ0) is 14.7. The summed E-state index contributed by atoms with van der Waals surface area (Å²) in [5, 5.41) is 9.18. The van der Waals surface area contributed by atoms with Crippen LogP contribution in [0.5, 0.6) is 11.5 Å². The minimum atomic E-state index is -0.802. The molecule has 1 unspecified atom stereocenters. The first-order chi connectivity index (χ1) is 9.52. The number of halogens is 1. The van der Waals surface area contributed by atoms with E-state index in [0.717, 1.165) is 15.8 Å². The van der Waals surface area contributed by atoms with E-state index in [2.05, 4.69) is 15.9 Å². The van der Waals surface area contributed by atoms with Gasteiger partial charge in [0.25, 0.3) is 0 Å². The van der Waals surface area contributed by atoms with Crippen LogP contribution in [-0.2, 0) is 11.3 Å². The molecular weight excluding hydrogens is 326 g/mol.